The van der Waals surface area contributed by atoms with Gasteiger partial charge in [0.2, 0.25) is 0 Å². The first-order valence-corrected chi connectivity index (χ1v) is 5.82. The van der Waals surface area contributed by atoms with Crippen molar-refractivity contribution in [1.82, 2.24) is 5.32 Å². The topological polar surface area (TPSA) is 15.3 Å². The number of fused-ring (bicyclic) bond motifs is 1. The van der Waals surface area contributed by atoms with Crippen LogP contribution >= 0.6 is 0 Å². The van der Waals surface area contributed by atoms with Crippen LogP contribution in [0.3, 0.4) is 0 Å². The van der Waals surface area contributed by atoms with E-state index in [4.69, 9.17) is 0 Å². The molecule has 1 aliphatic heterocycles. The fourth-order valence-corrected chi connectivity index (χ4v) is 2.43. The Bertz CT molecular complexity index is 322. The van der Waals surface area contributed by atoms with Crippen molar-refractivity contribution in [2.75, 3.05) is 25.0 Å². The minimum atomic E-state index is 0.580. The lowest BCUT2D eigenvalue weighted by Gasteiger charge is -2.36. The number of likely N-dealkylation sites (N-methyl/N-ethyl adjacent to an activating group) is 1. The molecule has 0 fully saturated rings. The Labute approximate surface area is 92.3 Å². The van der Waals surface area contributed by atoms with Gasteiger partial charge in [0.05, 0.1) is 0 Å². The van der Waals surface area contributed by atoms with Gasteiger partial charge in [0.15, 0.2) is 0 Å². The highest BCUT2D eigenvalue weighted by Gasteiger charge is 2.19. The smallest absolute Gasteiger partial charge is 0.0401 e. The summed E-state index contributed by atoms with van der Waals surface area (Å²) in [7, 11) is 2.02. The average Bonchev–Trinajstić information content (AvgIpc) is 2.28. The molecule has 15 heavy (non-hydrogen) atoms. The molecule has 82 valence electrons. The Kier molecular flexibility index (Phi) is 3.27. The van der Waals surface area contributed by atoms with Crippen LogP contribution in [-0.4, -0.2) is 26.2 Å². The SMILES string of the molecule is CNCC(C)N1CCCc2ccccc21. The molecule has 1 atom stereocenters. The highest BCUT2D eigenvalue weighted by atomic mass is 15.2. The molecule has 1 aromatic carbocycles. The fraction of sp³-hybridized carbons (Fsp3) is 0.538. The molecule has 1 unspecified atom stereocenters. The van der Waals surface area contributed by atoms with Crippen LogP contribution in [0.25, 0.3) is 0 Å². The molecule has 1 aromatic rings. The summed E-state index contributed by atoms with van der Waals surface area (Å²) in [5, 5.41) is 3.25. The number of nitrogens with one attached hydrogen (secondary N) is 1. The van der Waals surface area contributed by atoms with Crippen LogP contribution in [0.5, 0.6) is 0 Å². The monoisotopic (exact) mass is 204 g/mol. The Balaban J connectivity index is 2.21. The van der Waals surface area contributed by atoms with Gasteiger partial charge in [-0.05, 0) is 38.4 Å². The van der Waals surface area contributed by atoms with Crippen LogP contribution in [0.1, 0.15) is 18.9 Å². The molecule has 0 radical (unpaired) electrons. The minimum Gasteiger partial charge on any atom is -0.367 e. The zero-order valence-corrected chi connectivity index (χ0v) is 9.66. The van der Waals surface area contributed by atoms with E-state index in [2.05, 4.69) is 41.4 Å². The molecule has 0 aliphatic carbocycles. The first-order valence-electron chi connectivity index (χ1n) is 5.82. The lowest BCUT2D eigenvalue weighted by atomic mass is 10.0. The number of nitrogens with zero attached hydrogens (tertiary/aromatic N) is 1. The van der Waals surface area contributed by atoms with E-state index in [9.17, 15) is 0 Å². The van der Waals surface area contributed by atoms with E-state index in [0.29, 0.717) is 6.04 Å². The van der Waals surface area contributed by atoms with Gasteiger partial charge in [-0.2, -0.15) is 0 Å². The van der Waals surface area contributed by atoms with Crippen LogP contribution in [0.4, 0.5) is 5.69 Å². The summed E-state index contributed by atoms with van der Waals surface area (Å²) in [6, 6.07) is 9.37. The molecule has 2 nitrogen and oxygen atoms in total. The lowest BCUT2D eigenvalue weighted by Crippen LogP contribution is -2.42. The van der Waals surface area contributed by atoms with Crippen LogP contribution in [0.2, 0.25) is 0 Å². The lowest BCUT2D eigenvalue weighted by molar-refractivity contribution is 0.566. The number of rotatable bonds is 3. The Morgan fingerprint density at radius 2 is 2.20 bits per heavy atom. The van der Waals surface area contributed by atoms with Crippen molar-refractivity contribution >= 4 is 5.69 Å². The number of benzene rings is 1. The molecular formula is C13H20N2. The Hall–Kier alpha value is -1.02. The van der Waals surface area contributed by atoms with Crippen molar-refractivity contribution in [1.29, 1.82) is 0 Å². The normalized spacial score (nSPS) is 17.3. The molecule has 2 rings (SSSR count). The molecule has 0 amide bonds. The first kappa shape index (κ1) is 10.5. The van der Waals surface area contributed by atoms with E-state index in [1.807, 2.05) is 7.05 Å². The zero-order chi connectivity index (χ0) is 10.7. The third kappa shape index (κ3) is 2.15. The number of hydrogen-bond acceptors (Lipinski definition) is 2. The highest BCUT2D eigenvalue weighted by molar-refractivity contribution is 5.56. The van der Waals surface area contributed by atoms with E-state index < -0.39 is 0 Å². The molecule has 0 aromatic heterocycles. The standard InChI is InChI=1S/C13H20N2/c1-11(10-14-2)15-9-5-7-12-6-3-4-8-13(12)15/h3-4,6,8,11,14H,5,7,9-10H2,1-2H3. The average molecular weight is 204 g/mol. The van der Waals surface area contributed by atoms with Gasteiger partial charge in [-0.25, -0.2) is 0 Å². The van der Waals surface area contributed by atoms with Gasteiger partial charge >= 0.3 is 0 Å². The maximum Gasteiger partial charge on any atom is 0.0401 e. The van der Waals surface area contributed by atoms with E-state index in [1.54, 1.807) is 0 Å². The maximum absolute atomic E-state index is 3.25. The van der Waals surface area contributed by atoms with Gasteiger partial charge in [0.1, 0.15) is 0 Å². The van der Waals surface area contributed by atoms with Crippen molar-refractivity contribution in [3.8, 4) is 0 Å². The maximum atomic E-state index is 3.25. The van der Waals surface area contributed by atoms with Crippen LogP contribution in [-0.2, 0) is 6.42 Å². The molecular weight excluding hydrogens is 184 g/mol. The van der Waals surface area contributed by atoms with E-state index in [1.165, 1.54) is 30.6 Å². The largest absolute Gasteiger partial charge is 0.367 e. The van der Waals surface area contributed by atoms with Gasteiger partial charge in [0.25, 0.3) is 0 Å². The van der Waals surface area contributed by atoms with Crippen molar-refractivity contribution in [3.63, 3.8) is 0 Å². The van der Waals surface area contributed by atoms with Gasteiger partial charge < -0.3 is 10.2 Å². The zero-order valence-electron chi connectivity index (χ0n) is 9.66. The second kappa shape index (κ2) is 4.67. The van der Waals surface area contributed by atoms with Crippen LogP contribution in [0.15, 0.2) is 24.3 Å². The summed E-state index contributed by atoms with van der Waals surface area (Å²) in [6.45, 7) is 4.53. The summed E-state index contributed by atoms with van der Waals surface area (Å²) in [6.07, 6.45) is 2.52. The molecule has 0 spiro atoms. The summed E-state index contributed by atoms with van der Waals surface area (Å²) in [4.78, 5) is 2.52. The molecule has 0 saturated carbocycles. The Morgan fingerprint density at radius 3 is 3.00 bits per heavy atom. The van der Waals surface area contributed by atoms with Gasteiger partial charge in [-0.1, -0.05) is 18.2 Å². The fourth-order valence-electron chi connectivity index (χ4n) is 2.43. The molecule has 1 heterocycles. The second-order valence-electron chi connectivity index (χ2n) is 4.33. The molecule has 1 aliphatic rings. The molecule has 2 heteroatoms. The molecule has 0 saturated heterocycles. The summed E-state index contributed by atoms with van der Waals surface area (Å²) < 4.78 is 0. The number of anilines is 1. The van der Waals surface area contributed by atoms with Crippen molar-refractivity contribution in [2.24, 2.45) is 0 Å². The van der Waals surface area contributed by atoms with E-state index in [-0.39, 0.29) is 0 Å². The second-order valence-corrected chi connectivity index (χ2v) is 4.33. The Morgan fingerprint density at radius 1 is 1.40 bits per heavy atom. The predicted molar refractivity (Wildman–Crippen MR) is 65.5 cm³/mol. The first-order chi connectivity index (χ1) is 7.33. The molecule has 0 bridgehead atoms. The summed E-state index contributed by atoms with van der Waals surface area (Å²) in [5.74, 6) is 0. The van der Waals surface area contributed by atoms with Crippen molar-refractivity contribution in [3.05, 3.63) is 29.8 Å². The third-order valence-corrected chi connectivity index (χ3v) is 3.18. The quantitative estimate of drug-likeness (QED) is 0.810. The number of para-hydroxylation sites is 1. The van der Waals surface area contributed by atoms with Gasteiger partial charge in [-0.3, -0.25) is 0 Å². The van der Waals surface area contributed by atoms with Gasteiger partial charge in [-0.15, -0.1) is 0 Å². The van der Waals surface area contributed by atoms with Crippen LogP contribution < -0.4 is 10.2 Å². The van der Waals surface area contributed by atoms with Crippen molar-refractivity contribution in [2.45, 2.75) is 25.8 Å². The minimum absolute atomic E-state index is 0.580. The third-order valence-electron chi connectivity index (χ3n) is 3.18. The molecule has 1 N–H and O–H groups in total. The number of aryl methyl sites for hydroxylation is 1. The van der Waals surface area contributed by atoms with E-state index in [0.717, 1.165) is 6.54 Å². The predicted octanol–water partition coefficient (Wildman–Crippen LogP) is 2.05. The van der Waals surface area contributed by atoms with E-state index >= 15 is 0 Å². The van der Waals surface area contributed by atoms with Gasteiger partial charge in [0, 0.05) is 24.8 Å². The highest BCUT2D eigenvalue weighted by Crippen LogP contribution is 2.27. The van der Waals surface area contributed by atoms with Crippen LogP contribution in [0, 0.1) is 0 Å². The van der Waals surface area contributed by atoms with Crippen molar-refractivity contribution < 1.29 is 0 Å². The summed E-state index contributed by atoms with van der Waals surface area (Å²) in [5.41, 5.74) is 2.94. The number of hydrogen-bond donors (Lipinski definition) is 1. The summed E-state index contributed by atoms with van der Waals surface area (Å²) >= 11 is 0.